The lowest BCUT2D eigenvalue weighted by Crippen LogP contribution is -2.23. The van der Waals surface area contributed by atoms with Gasteiger partial charge in [-0.3, -0.25) is 4.79 Å². The summed E-state index contributed by atoms with van der Waals surface area (Å²) in [5.74, 6) is -0.350. The number of aryl methyl sites for hydroxylation is 1. The van der Waals surface area contributed by atoms with Crippen LogP contribution in [0.5, 0.6) is 5.75 Å². The Kier molecular flexibility index (Phi) is 4.94. The van der Waals surface area contributed by atoms with Crippen molar-refractivity contribution >= 4 is 12.0 Å². The van der Waals surface area contributed by atoms with E-state index in [1.165, 1.54) is 18.2 Å². The molecule has 0 aliphatic rings. The van der Waals surface area contributed by atoms with Gasteiger partial charge in [0.05, 0.1) is 0 Å². The first-order valence-corrected chi connectivity index (χ1v) is 6.83. The van der Waals surface area contributed by atoms with Crippen molar-refractivity contribution in [1.82, 2.24) is 5.32 Å². The molecule has 0 aromatic heterocycles. The van der Waals surface area contributed by atoms with Crippen molar-refractivity contribution in [3.8, 4) is 11.8 Å². The molecule has 2 aromatic carbocycles. The van der Waals surface area contributed by atoms with E-state index in [4.69, 9.17) is 5.26 Å². The maximum absolute atomic E-state index is 12.0. The standard InChI is InChI=1S/C18H16N2O2/c1-13-5-7-14(8-6-13)12-20-18(22)16(11-19)9-15-3-2-4-17(21)10-15/h2-10,21H,12H2,1H3,(H,20,22)/b16-9+. The number of rotatable bonds is 4. The average molecular weight is 292 g/mol. The van der Waals surface area contributed by atoms with Crippen LogP contribution in [0, 0.1) is 18.3 Å². The molecular formula is C18H16N2O2. The van der Waals surface area contributed by atoms with Gasteiger partial charge in [-0.05, 0) is 36.3 Å². The Morgan fingerprint density at radius 2 is 2.00 bits per heavy atom. The summed E-state index contributed by atoms with van der Waals surface area (Å²) in [6.07, 6.45) is 1.45. The monoisotopic (exact) mass is 292 g/mol. The SMILES string of the molecule is Cc1ccc(CNC(=O)/C(C#N)=C/c2cccc(O)c2)cc1. The first-order valence-electron chi connectivity index (χ1n) is 6.83. The zero-order valence-corrected chi connectivity index (χ0v) is 12.2. The molecule has 2 aromatic rings. The molecule has 0 bridgehead atoms. The number of hydrogen-bond donors (Lipinski definition) is 2. The lowest BCUT2D eigenvalue weighted by atomic mass is 10.1. The lowest BCUT2D eigenvalue weighted by molar-refractivity contribution is -0.117. The second kappa shape index (κ2) is 7.09. The predicted octanol–water partition coefficient (Wildman–Crippen LogP) is 2.92. The van der Waals surface area contributed by atoms with Gasteiger partial charge < -0.3 is 10.4 Å². The second-order valence-corrected chi connectivity index (χ2v) is 4.93. The topological polar surface area (TPSA) is 73.1 Å². The third-order valence-electron chi connectivity index (χ3n) is 3.12. The quantitative estimate of drug-likeness (QED) is 0.672. The summed E-state index contributed by atoms with van der Waals surface area (Å²) < 4.78 is 0. The van der Waals surface area contributed by atoms with Crippen molar-refractivity contribution in [2.24, 2.45) is 0 Å². The first-order chi connectivity index (χ1) is 10.6. The van der Waals surface area contributed by atoms with E-state index >= 15 is 0 Å². The molecule has 0 unspecified atom stereocenters. The largest absolute Gasteiger partial charge is 0.508 e. The Bertz CT molecular complexity index is 740. The Labute approximate surface area is 129 Å². The molecular weight excluding hydrogens is 276 g/mol. The summed E-state index contributed by atoms with van der Waals surface area (Å²) in [5.41, 5.74) is 2.71. The highest BCUT2D eigenvalue weighted by molar-refractivity contribution is 6.01. The smallest absolute Gasteiger partial charge is 0.262 e. The zero-order chi connectivity index (χ0) is 15.9. The average Bonchev–Trinajstić information content (AvgIpc) is 2.52. The van der Waals surface area contributed by atoms with Gasteiger partial charge in [-0.25, -0.2) is 0 Å². The Morgan fingerprint density at radius 3 is 2.64 bits per heavy atom. The normalized spacial score (nSPS) is 10.8. The van der Waals surface area contributed by atoms with Gasteiger partial charge in [-0.1, -0.05) is 42.0 Å². The van der Waals surface area contributed by atoms with E-state index < -0.39 is 5.91 Å². The van der Waals surface area contributed by atoms with E-state index in [9.17, 15) is 9.90 Å². The van der Waals surface area contributed by atoms with Crippen molar-refractivity contribution in [2.45, 2.75) is 13.5 Å². The number of amides is 1. The van der Waals surface area contributed by atoms with Gasteiger partial charge in [0.1, 0.15) is 17.4 Å². The van der Waals surface area contributed by atoms with E-state index in [1.807, 2.05) is 37.3 Å². The number of carbonyl (C=O) groups is 1. The van der Waals surface area contributed by atoms with Gasteiger partial charge >= 0.3 is 0 Å². The van der Waals surface area contributed by atoms with E-state index in [1.54, 1.807) is 12.1 Å². The molecule has 22 heavy (non-hydrogen) atoms. The van der Waals surface area contributed by atoms with Crippen LogP contribution in [0.15, 0.2) is 54.1 Å². The Hall–Kier alpha value is -3.06. The number of nitriles is 1. The molecule has 0 saturated heterocycles. The highest BCUT2D eigenvalue weighted by atomic mass is 16.3. The molecule has 2 rings (SSSR count). The third kappa shape index (κ3) is 4.22. The van der Waals surface area contributed by atoms with Crippen molar-refractivity contribution in [1.29, 1.82) is 5.26 Å². The van der Waals surface area contributed by atoms with E-state index in [2.05, 4.69) is 5.32 Å². The van der Waals surface area contributed by atoms with Crippen LogP contribution < -0.4 is 5.32 Å². The molecule has 2 N–H and O–H groups in total. The number of phenols is 1. The predicted molar refractivity (Wildman–Crippen MR) is 84.7 cm³/mol. The lowest BCUT2D eigenvalue weighted by Gasteiger charge is -2.05. The Balaban J connectivity index is 2.06. The van der Waals surface area contributed by atoms with Gasteiger partial charge in [-0.2, -0.15) is 5.26 Å². The van der Waals surface area contributed by atoms with Crippen molar-refractivity contribution in [2.75, 3.05) is 0 Å². The van der Waals surface area contributed by atoms with Crippen LogP contribution >= 0.6 is 0 Å². The minimum atomic E-state index is -0.439. The minimum absolute atomic E-state index is 0.00212. The van der Waals surface area contributed by atoms with Crippen LogP contribution in [0.3, 0.4) is 0 Å². The summed E-state index contributed by atoms with van der Waals surface area (Å²) in [7, 11) is 0. The fourth-order valence-corrected chi connectivity index (χ4v) is 1.91. The molecule has 0 aliphatic heterocycles. The molecule has 4 heteroatoms. The molecule has 4 nitrogen and oxygen atoms in total. The summed E-state index contributed by atoms with van der Waals surface area (Å²) >= 11 is 0. The third-order valence-corrected chi connectivity index (χ3v) is 3.12. The molecule has 0 heterocycles. The zero-order valence-electron chi connectivity index (χ0n) is 12.2. The molecule has 0 aliphatic carbocycles. The first kappa shape index (κ1) is 15.3. The van der Waals surface area contributed by atoms with Crippen molar-refractivity contribution in [3.05, 3.63) is 70.8 Å². The van der Waals surface area contributed by atoms with Gasteiger partial charge in [0.2, 0.25) is 0 Å². The number of phenolic OH excluding ortho intramolecular Hbond substituents is 1. The fourth-order valence-electron chi connectivity index (χ4n) is 1.91. The van der Waals surface area contributed by atoms with Gasteiger partial charge in [0, 0.05) is 6.54 Å². The van der Waals surface area contributed by atoms with Crippen LogP contribution in [0.25, 0.3) is 6.08 Å². The van der Waals surface area contributed by atoms with Crippen LogP contribution in [-0.2, 0) is 11.3 Å². The van der Waals surface area contributed by atoms with Gasteiger partial charge in [0.15, 0.2) is 0 Å². The number of benzene rings is 2. The van der Waals surface area contributed by atoms with E-state index in [0.29, 0.717) is 12.1 Å². The number of nitrogens with one attached hydrogen (secondary N) is 1. The summed E-state index contributed by atoms with van der Waals surface area (Å²) in [4.78, 5) is 12.0. The molecule has 1 amide bonds. The Morgan fingerprint density at radius 1 is 1.27 bits per heavy atom. The van der Waals surface area contributed by atoms with E-state index in [0.717, 1.165) is 11.1 Å². The summed E-state index contributed by atoms with van der Waals surface area (Å²) in [6.45, 7) is 2.35. The fraction of sp³-hybridized carbons (Fsp3) is 0.111. The maximum atomic E-state index is 12.0. The van der Waals surface area contributed by atoms with Crippen LogP contribution in [0.2, 0.25) is 0 Å². The van der Waals surface area contributed by atoms with Crippen molar-refractivity contribution in [3.63, 3.8) is 0 Å². The molecule has 0 saturated carbocycles. The number of hydrogen-bond acceptors (Lipinski definition) is 3. The second-order valence-electron chi connectivity index (χ2n) is 4.93. The molecule has 0 fully saturated rings. The number of nitrogens with zero attached hydrogens (tertiary/aromatic N) is 1. The van der Waals surface area contributed by atoms with Crippen LogP contribution in [0.4, 0.5) is 0 Å². The highest BCUT2D eigenvalue weighted by Crippen LogP contribution is 2.14. The molecule has 0 atom stereocenters. The number of aromatic hydroxyl groups is 1. The summed E-state index contributed by atoms with van der Waals surface area (Å²) in [6, 6.07) is 16.1. The summed E-state index contributed by atoms with van der Waals surface area (Å²) in [5, 5.41) is 21.2. The number of carbonyl (C=O) groups excluding carboxylic acids is 1. The molecule has 110 valence electrons. The van der Waals surface area contributed by atoms with Crippen LogP contribution in [-0.4, -0.2) is 11.0 Å². The molecule has 0 spiro atoms. The highest BCUT2D eigenvalue weighted by Gasteiger charge is 2.08. The van der Waals surface area contributed by atoms with Crippen molar-refractivity contribution < 1.29 is 9.90 Å². The van der Waals surface area contributed by atoms with Gasteiger partial charge in [-0.15, -0.1) is 0 Å². The minimum Gasteiger partial charge on any atom is -0.508 e. The van der Waals surface area contributed by atoms with E-state index in [-0.39, 0.29) is 11.3 Å². The van der Waals surface area contributed by atoms with Crippen LogP contribution in [0.1, 0.15) is 16.7 Å². The molecule has 0 radical (unpaired) electrons. The van der Waals surface area contributed by atoms with Gasteiger partial charge in [0.25, 0.3) is 5.91 Å². The maximum Gasteiger partial charge on any atom is 0.262 e.